The number of hydrogen-bond acceptors (Lipinski definition) is 5. The van der Waals surface area contributed by atoms with Crippen LogP contribution in [0.1, 0.15) is 5.56 Å². The highest BCUT2D eigenvalue weighted by atomic mass is 16.5. The number of nitrogens with two attached hydrogens (primary N) is 1. The molecule has 1 heterocycles. The second-order valence-electron chi connectivity index (χ2n) is 4.55. The number of esters is 1. The zero-order chi connectivity index (χ0) is 15.2. The number of nitrogens with zero attached hydrogens (tertiary/aromatic N) is 2. The van der Waals surface area contributed by atoms with Crippen molar-refractivity contribution in [2.75, 3.05) is 17.7 Å². The number of ether oxygens (including phenoxy) is 1. The fraction of sp³-hybridized carbons (Fsp3) is 0.214. The zero-order valence-electron chi connectivity index (χ0n) is 11.6. The van der Waals surface area contributed by atoms with Crippen LogP contribution in [-0.2, 0) is 20.9 Å². The molecular formula is C14H16N4O3. The average molecular weight is 288 g/mol. The molecule has 21 heavy (non-hydrogen) atoms. The standard InChI is InChI=1S/C14H16N4O3/c1-10-2-4-12(5-3-10)17-13(19)9-21-14(20)8-18-7-11(15)6-16-18/h2-7H,8-9,15H2,1H3,(H,17,19). The molecule has 110 valence electrons. The number of amides is 1. The van der Waals surface area contributed by atoms with E-state index < -0.39 is 11.9 Å². The SMILES string of the molecule is Cc1ccc(NC(=O)COC(=O)Cn2cc(N)cn2)cc1. The Kier molecular flexibility index (Phi) is 4.55. The Hall–Kier alpha value is -2.83. The van der Waals surface area contributed by atoms with Gasteiger partial charge in [-0.1, -0.05) is 17.7 Å². The first-order valence-electron chi connectivity index (χ1n) is 6.33. The van der Waals surface area contributed by atoms with Gasteiger partial charge in [0.25, 0.3) is 5.91 Å². The van der Waals surface area contributed by atoms with Crippen LogP contribution in [0.3, 0.4) is 0 Å². The lowest BCUT2D eigenvalue weighted by molar-refractivity contribution is -0.148. The lowest BCUT2D eigenvalue weighted by atomic mass is 10.2. The van der Waals surface area contributed by atoms with Crippen molar-refractivity contribution in [1.82, 2.24) is 9.78 Å². The third kappa shape index (κ3) is 4.64. The molecule has 2 rings (SSSR count). The van der Waals surface area contributed by atoms with Crippen LogP contribution in [0.15, 0.2) is 36.7 Å². The number of carbonyl (C=O) groups excluding carboxylic acids is 2. The van der Waals surface area contributed by atoms with Gasteiger partial charge in [-0.3, -0.25) is 14.3 Å². The van der Waals surface area contributed by atoms with E-state index in [1.807, 2.05) is 19.1 Å². The van der Waals surface area contributed by atoms with Gasteiger partial charge in [0, 0.05) is 11.9 Å². The number of nitrogens with one attached hydrogen (secondary N) is 1. The first-order chi connectivity index (χ1) is 10.0. The molecular weight excluding hydrogens is 272 g/mol. The molecule has 0 saturated carbocycles. The smallest absolute Gasteiger partial charge is 0.328 e. The highest BCUT2D eigenvalue weighted by molar-refractivity contribution is 5.92. The zero-order valence-corrected chi connectivity index (χ0v) is 11.6. The summed E-state index contributed by atoms with van der Waals surface area (Å²) in [5.41, 5.74) is 7.68. The van der Waals surface area contributed by atoms with Crippen molar-refractivity contribution in [3.05, 3.63) is 42.2 Å². The summed E-state index contributed by atoms with van der Waals surface area (Å²) in [6.45, 7) is 1.52. The Bertz CT molecular complexity index is 634. The predicted octanol–water partition coefficient (Wildman–Crippen LogP) is 0.956. The van der Waals surface area contributed by atoms with Gasteiger partial charge in [0.2, 0.25) is 0 Å². The van der Waals surface area contributed by atoms with Crippen molar-refractivity contribution in [3.8, 4) is 0 Å². The number of nitrogen functional groups attached to an aromatic ring is 1. The minimum Gasteiger partial charge on any atom is -0.454 e. The molecule has 0 aliphatic rings. The molecule has 0 spiro atoms. The summed E-state index contributed by atoms with van der Waals surface area (Å²) in [6, 6.07) is 7.32. The summed E-state index contributed by atoms with van der Waals surface area (Å²) in [4.78, 5) is 23.1. The van der Waals surface area contributed by atoms with Crippen LogP contribution in [0, 0.1) is 6.92 Å². The van der Waals surface area contributed by atoms with Gasteiger partial charge in [-0.05, 0) is 19.1 Å². The van der Waals surface area contributed by atoms with Crippen LogP contribution in [0.2, 0.25) is 0 Å². The lowest BCUT2D eigenvalue weighted by Crippen LogP contribution is -2.23. The molecule has 0 atom stereocenters. The fourth-order valence-electron chi connectivity index (χ4n) is 1.62. The second-order valence-corrected chi connectivity index (χ2v) is 4.55. The minimum absolute atomic E-state index is 0.0883. The highest BCUT2D eigenvalue weighted by Gasteiger charge is 2.09. The summed E-state index contributed by atoms with van der Waals surface area (Å²) in [7, 11) is 0. The van der Waals surface area contributed by atoms with Crippen LogP contribution in [0.5, 0.6) is 0 Å². The van der Waals surface area contributed by atoms with E-state index >= 15 is 0 Å². The Balaban J connectivity index is 1.75. The molecule has 1 aromatic carbocycles. The molecule has 7 nitrogen and oxygen atoms in total. The van der Waals surface area contributed by atoms with Crippen LogP contribution in [0.4, 0.5) is 11.4 Å². The largest absolute Gasteiger partial charge is 0.454 e. The van der Waals surface area contributed by atoms with Gasteiger partial charge < -0.3 is 15.8 Å². The van der Waals surface area contributed by atoms with Gasteiger partial charge in [0.1, 0.15) is 6.54 Å². The van der Waals surface area contributed by atoms with E-state index in [-0.39, 0.29) is 13.2 Å². The van der Waals surface area contributed by atoms with Gasteiger partial charge in [-0.2, -0.15) is 5.10 Å². The third-order valence-corrected chi connectivity index (χ3v) is 2.64. The number of benzene rings is 1. The molecule has 1 amide bonds. The van der Waals surface area contributed by atoms with Crippen LogP contribution < -0.4 is 11.1 Å². The van der Waals surface area contributed by atoms with Crippen molar-refractivity contribution in [2.24, 2.45) is 0 Å². The Morgan fingerprint density at radius 3 is 2.67 bits per heavy atom. The lowest BCUT2D eigenvalue weighted by Gasteiger charge is -2.07. The molecule has 3 N–H and O–H groups in total. The van der Waals surface area contributed by atoms with E-state index in [9.17, 15) is 9.59 Å². The summed E-state index contributed by atoms with van der Waals surface area (Å²) < 4.78 is 6.20. The number of carbonyl (C=O) groups is 2. The molecule has 0 bridgehead atoms. The van der Waals surface area contributed by atoms with E-state index in [1.54, 1.807) is 12.1 Å². The average Bonchev–Trinajstić information content (AvgIpc) is 2.84. The van der Waals surface area contributed by atoms with Crippen molar-refractivity contribution in [3.63, 3.8) is 0 Å². The number of hydrogen-bond donors (Lipinski definition) is 2. The Morgan fingerprint density at radius 1 is 1.33 bits per heavy atom. The first kappa shape index (κ1) is 14.6. The van der Waals surface area contributed by atoms with Crippen molar-refractivity contribution in [1.29, 1.82) is 0 Å². The molecule has 1 aromatic heterocycles. The predicted molar refractivity (Wildman–Crippen MR) is 77.4 cm³/mol. The maximum Gasteiger partial charge on any atom is 0.328 e. The van der Waals surface area contributed by atoms with Crippen molar-refractivity contribution >= 4 is 23.3 Å². The van der Waals surface area contributed by atoms with Gasteiger partial charge in [-0.15, -0.1) is 0 Å². The molecule has 0 aliphatic heterocycles. The topological polar surface area (TPSA) is 99.2 Å². The Morgan fingerprint density at radius 2 is 2.05 bits per heavy atom. The second kappa shape index (κ2) is 6.56. The number of aryl methyl sites for hydroxylation is 1. The summed E-state index contributed by atoms with van der Waals surface area (Å²) in [5, 5.41) is 6.48. The van der Waals surface area contributed by atoms with Gasteiger partial charge in [-0.25, -0.2) is 0 Å². The summed E-state index contributed by atoms with van der Waals surface area (Å²) in [5.74, 6) is -0.954. The maximum atomic E-state index is 11.6. The quantitative estimate of drug-likeness (QED) is 0.798. The van der Waals surface area contributed by atoms with Crippen molar-refractivity contribution in [2.45, 2.75) is 13.5 Å². The van der Waals surface area contributed by atoms with E-state index in [2.05, 4.69) is 10.4 Å². The molecule has 0 aliphatic carbocycles. The van der Waals surface area contributed by atoms with Crippen LogP contribution >= 0.6 is 0 Å². The van der Waals surface area contributed by atoms with Crippen molar-refractivity contribution < 1.29 is 14.3 Å². The molecule has 2 aromatic rings. The van der Waals surface area contributed by atoms with E-state index in [0.717, 1.165) is 5.56 Å². The maximum absolute atomic E-state index is 11.6. The van der Waals surface area contributed by atoms with Crippen LogP contribution in [-0.4, -0.2) is 28.3 Å². The number of aromatic nitrogens is 2. The molecule has 0 unspecified atom stereocenters. The first-order valence-corrected chi connectivity index (χ1v) is 6.33. The molecule has 0 saturated heterocycles. The highest BCUT2D eigenvalue weighted by Crippen LogP contribution is 2.08. The Labute approximate surface area is 121 Å². The fourth-order valence-corrected chi connectivity index (χ4v) is 1.62. The van der Waals surface area contributed by atoms with E-state index in [4.69, 9.17) is 10.5 Å². The monoisotopic (exact) mass is 288 g/mol. The summed E-state index contributed by atoms with van der Waals surface area (Å²) in [6.07, 6.45) is 2.94. The molecule has 0 fully saturated rings. The molecule has 7 heteroatoms. The van der Waals surface area contributed by atoms with E-state index in [0.29, 0.717) is 11.4 Å². The van der Waals surface area contributed by atoms with E-state index in [1.165, 1.54) is 17.1 Å². The van der Waals surface area contributed by atoms with Gasteiger partial charge in [0.05, 0.1) is 11.9 Å². The normalized spacial score (nSPS) is 10.1. The van der Waals surface area contributed by atoms with Gasteiger partial charge in [0.15, 0.2) is 6.61 Å². The van der Waals surface area contributed by atoms with Gasteiger partial charge >= 0.3 is 5.97 Å². The minimum atomic E-state index is -0.558. The summed E-state index contributed by atoms with van der Waals surface area (Å²) >= 11 is 0. The number of anilines is 2. The number of rotatable bonds is 5. The third-order valence-electron chi connectivity index (χ3n) is 2.64. The molecule has 0 radical (unpaired) electrons. The van der Waals surface area contributed by atoms with Crippen LogP contribution in [0.25, 0.3) is 0 Å².